The van der Waals surface area contributed by atoms with Gasteiger partial charge in [0, 0.05) is 16.8 Å². The van der Waals surface area contributed by atoms with E-state index in [0.29, 0.717) is 27.8 Å². The number of carbonyl (C=O) groups excluding carboxylic acids is 2. The van der Waals surface area contributed by atoms with Gasteiger partial charge in [0.1, 0.15) is 11.5 Å². The van der Waals surface area contributed by atoms with Crippen molar-refractivity contribution in [3.63, 3.8) is 0 Å². The van der Waals surface area contributed by atoms with Crippen molar-refractivity contribution in [2.45, 2.75) is 0 Å². The highest BCUT2D eigenvalue weighted by Crippen LogP contribution is 2.24. The molecule has 0 radical (unpaired) electrons. The third-order valence-corrected chi connectivity index (χ3v) is 3.11. The molecule has 2 amide bonds. The van der Waals surface area contributed by atoms with E-state index < -0.39 is 5.91 Å². The number of hydrogen-bond donors (Lipinski definition) is 2. The lowest BCUT2D eigenvalue weighted by molar-refractivity contribution is -0.119. The fourth-order valence-electron chi connectivity index (χ4n) is 1.87. The second-order valence-corrected chi connectivity index (χ2v) is 5.02. The first-order valence-corrected chi connectivity index (χ1v) is 7.03. The molecule has 2 aromatic carbocycles. The fourth-order valence-corrected chi connectivity index (χ4v) is 2.05. The molecule has 0 saturated heterocycles. The number of nitrogens with one attached hydrogen (secondary N) is 1. The minimum absolute atomic E-state index is 0.237. The lowest BCUT2D eigenvalue weighted by Crippen LogP contribution is -2.20. The lowest BCUT2D eigenvalue weighted by Gasteiger charge is -2.11. The van der Waals surface area contributed by atoms with E-state index in [2.05, 4.69) is 5.32 Å². The molecule has 0 fully saturated rings. The molecule has 7 heteroatoms. The Morgan fingerprint density at radius 2 is 2.00 bits per heavy atom. The molecule has 23 heavy (non-hydrogen) atoms. The average molecular weight is 335 g/mol. The standard InChI is InChI=1S/C16H15ClN2O4/c1-22-14-6-5-10(17)7-13(14)16(21)19-11-3-2-4-12(8-11)23-9-15(18)20/h2-8H,9H2,1H3,(H2,18,20)(H,19,21). The predicted octanol–water partition coefficient (Wildman–Crippen LogP) is 2.46. The predicted molar refractivity (Wildman–Crippen MR) is 87.1 cm³/mol. The molecular formula is C16H15ClN2O4. The third-order valence-electron chi connectivity index (χ3n) is 2.88. The van der Waals surface area contributed by atoms with E-state index >= 15 is 0 Å². The summed E-state index contributed by atoms with van der Waals surface area (Å²) >= 11 is 5.92. The fraction of sp³-hybridized carbons (Fsp3) is 0.125. The van der Waals surface area contributed by atoms with Gasteiger partial charge in [0.2, 0.25) is 0 Å². The van der Waals surface area contributed by atoms with Crippen molar-refractivity contribution >= 4 is 29.1 Å². The van der Waals surface area contributed by atoms with Crippen LogP contribution in [0.3, 0.4) is 0 Å². The molecule has 3 N–H and O–H groups in total. The van der Waals surface area contributed by atoms with E-state index in [0.717, 1.165) is 0 Å². The van der Waals surface area contributed by atoms with Crippen molar-refractivity contribution in [2.24, 2.45) is 5.73 Å². The molecule has 0 aliphatic heterocycles. The zero-order chi connectivity index (χ0) is 16.8. The van der Waals surface area contributed by atoms with Crippen molar-refractivity contribution in [3.05, 3.63) is 53.1 Å². The molecule has 6 nitrogen and oxygen atoms in total. The summed E-state index contributed by atoms with van der Waals surface area (Å²) in [7, 11) is 1.47. The summed E-state index contributed by atoms with van der Waals surface area (Å²) in [5.41, 5.74) is 5.83. The van der Waals surface area contributed by atoms with Gasteiger partial charge in [-0.3, -0.25) is 9.59 Å². The summed E-state index contributed by atoms with van der Waals surface area (Å²) in [5, 5.41) is 3.14. The van der Waals surface area contributed by atoms with E-state index in [1.807, 2.05) is 0 Å². The SMILES string of the molecule is COc1ccc(Cl)cc1C(=O)Nc1cccc(OCC(N)=O)c1. The first-order valence-electron chi connectivity index (χ1n) is 6.65. The van der Waals surface area contributed by atoms with Crippen molar-refractivity contribution in [1.82, 2.24) is 0 Å². The number of methoxy groups -OCH3 is 1. The van der Waals surface area contributed by atoms with Gasteiger partial charge in [-0.1, -0.05) is 17.7 Å². The van der Waals surface area contributed by atoms with Crippen LogP contribution >= 0.6 is 11.6 Å². The zero-order valence-corrected chi connectivity index (χ0v) is 13.1. The largest absolute Gasteiger partial charge is 0.496 e. The van der Waals surface area contributed by atoms with Gasteiger partial charge in [0.05, 0.1) is 12.7 Å². The van der Waals surface area contributed by atoms with Crippen LogP contribution in [0.2, 0.25) is 5.02 Å². The van der Waals surface area contributed by atoms with Crippen LogP contribution in [0, 0.1) is 0 Å². The summed E-state index contributed by atoms with van der Waals surface area (Å²) in [5.74, 6) is -0.132. The first-order chi connectivity index (χ1) is 11.0. The van der Waals surface area contributed by atoms with Crippen LogP contribution in [0.15, 0.2) is 42.5 Å². The molecule has 0 aliphatic rings. The monoisotopic (exact) mass is 334 g/mol. The molecule has 0 heterocycles. The summed E-state index contributed by atoms with van der Waals surface area (Å²) in [6.07, 6.45) is 0. The summed E-state index contributed by atoms with van der Waals surface area (Å²) in [4.78, 5) is 23.1. The van der Waals surface area contributed by atoms with E-state index in [-0.39, 0.29) is 12.5 Å². The number of ether oxygens (including phenoxy) is 2. The number of anilines is 1. The topological polar surface area (TPSA) is 90.7 Å². The van der Waals surface area contributed by atoms with Crippen LogP contribution in [0.5, 0.6) is 11.5 Å². The van der Waals surface area contributed by atoms with Crippen molar-refractivity contribution in [1.29, 1.82) is 0 Å². The number of primary amides is 1. The summed E-state index contributed by atoms with van der Waals surface area (Å²) in [6, 6.07) is 11.4. The highest BCUT2D eigenvalue weighted by molar-refractivity contribution is 6.31. The number of benzene rings is 2. The maximum absolute atomic E-state index is 12.4. The van der Waals surface area contributed by atoms with Crippen molar-refractivity contribution < 1.29 is 19.1 Å². The number of carbonyl (C=O) groups is 2. The van der Waals surface area contributed by atoms with Gasteiger partial charge in [-0.05, 0) is 30.3 Å². The number of halogens is 1. The quantitative estimate of drug-likeness (QED) is 0.849. The Labute approximate surface area is 138 Å². The Bertz CT molecular complexity index is 734. The van der Waals surface area contributed by atoms with Gasteiger partial charge < -0.3 is 20.5 Å². The average Bonchev–Trinajstić information content (AvgIpc) is 2.53. The summed E-state index contributed by atoms with van der Waals surface area (Å²) in [6.45, 7) is -0.237. The second kappa shape index (κ2) is 7.51. The molecule has 0 saturated carbocycles. The molecule has 0 spiro atoms. The first kappa shape index (κ1) is 16.6. The van der Waals surface area contributed by atoms with Gasteiger partial charge in [-0.25, -0.2) is 0 Å². The van der Waals surface area contributed by atoms with Crippen molar-refractivity contribution in [3.8, 4) is 11.5 Å². The van der Waals surface area contributed by atoms with E-state index in [1.54, 1.807) is 36.4 Å². The number of rotatable bonds is 6. The maximum Gasteiger partial charge on any atom is 0.259 e. The lowest BCUT2D eigenvalue weighted by atomic mass is 10.2. The zero-order valence-electron chi connectivity index (χ0n) is 12.3. The maximum atomic E-state index is 12.4. The van der Waals surface area contributed by atoms with E-state index in [4.69, 9.17) is 26.8 Å². The van der Waals surface area contributed by atoms with Gasteiger partial charge in [-0.2, -0.15) is 0 Å². The molecule has 2 rings (SSSR count). The second-order valence-electron chi connectivity index (χ2n) is 4.58. The number of hydrogen-bond acceptors (Lipinski definition) is 4. The van der Waals surface area contributed by atoms with Crippen LogP contribution in [-0.4, -0.2) is 25.5 Å². The minimum atomic E-state index is -0.580. The van der Waals surface area contributed by atoms with Gasteiger partial charge in [-0.15, -0.1) is 0 Å². The van der Waals surface area contributed by atoms with Gasteiger partial charge in [0.25, 0.3) is 11.8 Å². The highest BCUT2D eigenvalue weighted by Gasteiger charge is 2.13. The molecule has 0 aliphatic carbocycles. The molecule has 0 aromatic heterocycles. The van der Waals surface area contributed by atoms with Gasteiger partial charge >= 0.3 is 0 Å². The molecule has 0 unspecified atom stereocenters. The molecule has 0 bridgehead atoms. The highest BCUT2D eigenvalue weighted by atomic mass is 35.5. The number of amides is 2. The van der Waals surface area contributed by atoms with Crippen LogP contribution in [0.25, 0.3) is 0 Å². The van der Waals surface area contributed by atoms with Gasteiger partial charge in [0.15, 0.2) is 6.61 Å². The summed E-state index contributed by atoms with van der Waals surface area (Å²) < 4.78 is 10.3. The number of nitrogens with two attached hydrogens (primary N) is 1. The Kier molecular flexibility index (Phi) is 5.43. The van der Waals surface area contributed by atoms with Crippen LogP contribution in [0.4, 0.5) is 5.69 Å². The van der Waals surface area contributed by atoms with Crippen LogP contribution in [0.1, 0.15) is 10.4 Å². The normalized spacial score (nSPS) is 10.0. The van der Waals surface area contributed by atoms with Crippen molar-refractivity contribution in [2.75, 3.05) is 19.0 Å². The van der Waals surface area contributed by atoms with Crippen LogP contribution in [-0.2, 0) is 4.79 Å². The molecular weight excluding hydrogens is 320 g/mol. The van der Waals surface area contributed by atoms with E-state index in [9.17, 15) is 9.59 Å². The minimum Gasteiger partial charge on any atom is -0.496 e. The Morgan fingerprint density at radius 1 is 1.22 bits per heavy atom. The Hall–Kier alpha value is -2.73. The molecule has 2 aromatic rings. The third kappa shape index (κ3) is 4.62. The van der Waals surface area contributed by atoms with Crippen LogP contribution < -0.4 is 20.5 Å². The molecule has 0 atom stereocenters. The Balaban J connectivity index is 2.15. The molecule has 120 valence electrons. The van der Waals surface area contributed by atoms with E-state index in [1.165, 1.54) is 13.2 Å². The Morgan fingerprint density at radius 3 is 2.70 bits per heavy atom. The smallest absolute Gasteiger partial charge is 0.259 e.